The van der Waals surface area contributed by atoms with Gasteiger partial charge in [-0.25, -0.2) is 0 Å². The SMILES string of the molecule is CC(C)O[P+](O)(O)O[P+](O)(O)O. The third-order valence-corrected chi connectivity index (χ3v) is 2.99. The van der Waals surface area contributed by atoms with E-state index in [9.17, 15) is 0 Å². The van der Waals surface area contributed by atoms with E-state index in [0.29, 0.717) is 0 Å². The second-order valence-electron chi connectivity index (χ2n) is 2.24. The monoisotopic (exact) mass is 222 g/mol. The highest BCUT2D eigenvalue weighted by Crippen LogP contribution is 2.67. The third-order valence-electron chi connectivity index (χ3n) is 0.564. The molecule has 0 aromatic rings. The molecular weight excluding hydrogens is 210 g/mol. The van der Waals surface area contributed by atoms with Gasteiger partial charge in [-0.05, 0) is 13.8 Å². The largest absolute Gasteiger partial charge is 0.620 e. The van der Waals surface area contributed by atoms with Crippen molar-refractivity contribution in [2.24, 2.45) is 0 Å². The van der Waals surface area contributed by atoms with Crippen LogP contribution in [0.4, 0.5) is 0 Å². The Bertz CT molecular complexity index is 140. The molecule has 0 unspecified atom stereocenters. The predicted octanol–water partition coefficient (Wildman–Crippen LogP) is -0.255. The Balaban J connectivity index is 4.04. The maximum atomic E-state index is 8.79. The molecule has 0 saturated carbocycles. The molecule has 0 atom stereocenters. The zero-order chi connectivity index (χ0) is 9.99. The van der Waals surface area contributed by atoms with Crippen LogP contribution >= 0.6 is 16.3 Å². The molecule has 0 radical (unpaired) electrons. The predicted molar refractivity (Wildman–Crippen MR) is 42.2 cm³/mol. The number of hydrogen-bond acceptors (Lipinski definition) is 7. The minimum Gasteiger partial charge on any atom is -0.165 e. The van der Waals surface area contributed by atoms with Crippen molar-refractivity contribution in [2.45, 2.75) is 20.0 Å². The Morgan fingerprint density at radius 3 is 1.67 bits per heavy atom. The van der Waals surface area contributed by atoms with E-state index in [1.54, 1.807) is 0 Å². The van der Waals surface area contributed by atoms with E-state index in [1.807, 2.05) is 0 Å². The van der Waals surface area contributed by atoms with Crippen LogP contribution in [0.1, 0.15) is 13.8 Å². The Morgan fingerprint density at radius 2 is 1.42 bits per heavy atom. The third kappa shape index (κ3) is 7.24. The second kappa shape index (κ2) is 4.19. The van der Waals surface area contributed by atoms with Crippen molar-refractivity contribution < 1.29 is 33.3 Å². The lowest BCUT2D eigenvalue weighted by molar-refractivity contribution is 0.109. The fourth-order valence-electron chi connectivity index (χ4n) is 0.437. The molecule has 7 nitrogen and oxygen atoms in total. The van der Waals surface area contributed by atoms with Gasteiger partial charge < -0.3 is 0 Å². The maximum absolute atomic E-state index is 8.79. The fraction of sp³-hybridized carbons (Fsp3) is 1.00. The first kappa shape index (κ1) is 12.6. The lowest BCUT2D eigenvalue weighted by atomic mass is 10.5. The molecule has 0 aromatic heterocycles. The quantitative estimate of drug-likeness (QED) is 0.416. The van der Waals surface area contributed by atoms with Gasteiger partial charge in [0.05, 0.1) is 4.31 Å². The minimum atomic E-state index is -4.67. The van der Waals surface area contributed by atoms with Crippen molar-refractivity contribution in [3.8, 4) is 0 Å². The van der Waals surface area contributed by atoms with Crippen molar-refractivity contribution in [3.05, 3.63) is 0 Å². The van der Waals surface area contributed by atoms with Crippen LogP contribution in [0.2, 0.25) is 0 Å². The molecule has 0 aliphatic heterocycles. The van der Waals surface area contributed by atoms with E-state index < -0.39 is 22.4 Å². The summed E-state index contributed by atoms with van der Waals surface area (Å²) in [6.07, 6.45) is -0.570. The van der Waals surface area contributed by atoms with Crippen LogP contribution in [-0.2, 0) is 8.83 Å². The van der Waals surface area contributed by atoms with E-state index in [1.165, 1.54) is 13.8 Å². The summed E-state index contributed by atoms with van der Waals surface area (Å²) in [4.78, 5) is 42.5. The summed E-state index contributed by atoms with van der Waals surface area (Å²) in [6.45, 7) is 2.97. The van der Waals surface area contributed by atoms with Crippen molar-refractivity contribution in [1.29, 1.82) is 0 Å². The summed E-state index contributed by atoms with van der Waals surface area (Å²) in [5, 5.41) is 0. The Hall–Kier alpha value is 0.580. The first-order chi connectivity index (χ1) is 5.12. The topological polar surface area (TPSA) is 120 Å². The highest BCUT2D eigenvalue weighted by atomic mass is 31.3. The van der Waals surface area contributed by atoms with E-state index in [4.69, 9.17) is 24.5 Å². The van der Waals surface area contributed by atoms with Crippen LogP contribution in [0, 0.1) is 0 Å². The van der Waals surface area contributed by atoms with Crippen LogP contribution in [0.3, 0.4) is 0 Å². The van der Waals surface area contributed by atoms with Crippen LogP contribution in [-0.4, -0.2) is 30.6 Å². The molecule has 0 aromatic carbocycles. The molecule has 74 valence electrons. The summed E-state index contributed by atoms with van der Waals surface area (Å²) in [5.74, 6) is 0. The highest BCUT2D eigenvalue weighted by Gasteiger charge is 2.58. The van der Waals surface area contributed by atoms with Gasteiger partial charge in [0.1, 0.15) is 6.10 Å². The van der Waals surface area contributed by atoms with Gasteiger partial charge in [-0.3, -0.25) is 0 Å². The highest BCUT2D eigenvalue weighted by molar-refractivity contribution is 7.67. The molecule has 0 rings (SSSR count). The van der Waals surface area contributed by atoms with Gasteiger partial charge in [0, 0.05) is 0 Å². The lowest BCUT2D eigenvalue weighted by Crippen LogP contribution is -2.08. The first-order valence-electron chi connectivity index (χ1n) is 2.94. The Kier molecular flexibility index (Phi) is 4.40. The summed E-state index contributed by atoms with van der Waals surface area (Å²) in [7, 11) is -8.99. The van der Waals surface area contributed by atoms with Crippen molar-refractivity contribution in [3.63, 3.8) is 0 Å². The number of hydrogen-bond donors (Lipinski definition) is 5. The van der Waals surface area contributed by atoms with Gasteiger partial charge in [-0.1, -0.05) is 0 Å². The van der Waals surface area contributed by atoms with Gasteiger partial charge in [-0.2, -0.15) is 24.5 Å². The van der Waals surface area contributed by atoms with Gasteiger partial charge in [0.15, 0.2) is 0 Å². The molecule has 0 bridgehead atoms. The minimum absolute atomic E-state index is 0.570. The fourth-order valence-corrected chi connectivity index (χ4v) is 2.28. The van der Waals surface area contributed by atoms with Gasteiger partial charge in [-0.15, -0.1) is 4.52 Å². The molecule has 12 heavy (non-hydrogen) atoms. The van der Waals surface area contributed by atoms with E-state index in [-0.39, 0.29) is 0 Å². The molecule has 0 heterocycles. The second-order valence-corrected chi connectivity index (χ2v) is 5.11. The van der Waals surface area contributed by atoms with E-state index in [0.717, 1.165) is 0 Å². The molecule has 0 aliphatic rings. The summed E-state index contributed by atoms with van der Waals surface area (Å²) >= 11 is 0. The molecule has 5 N–H and O–H groups in total. The first-order valence-corrected chi connectivity index (χ1v) is 6.03. The van der Waals surface area contributed by atoms with Crippen LogP contribution in [0.25, 0.3) is 0 Å². The van der Waals surface area contributed by atoms with Gasteiger partial charge in [0.25, 0.3) is 0 Å². The molecule has 9 heteroatoms. The van der Waals surface area contributed by atoms with Crippen molar-refractivity contribution >= 4 is 16.3 Å². The van der Waals surface area contributed by atoms with Crippen LogP contribution in [0.5, 0.6) is 0 Å². The van der Waals surface area contributed by atoms with E-state index in [2.05, 4.69) is 8.83 Å². The summed E-state index contributed by atoms with van der Waals surface area (Å²) in [5.41, 5.74) is 0. The number of rotatable bonds is 4. The Morgan fingerprint density at radius 1 is 1.00 bits per heavy atom. The zero-order valence-electron chi connectivity index (χ0n) is 6.52. The average Bonchev–Trinajstić information content (AvgIpc) is 1.48. The normalized spacial score (nSPS) is 14.0. The summed E-state index contributed by atoms with van der Waals surface area (Å²) < 4.78 is 8.08. The smallest absolute Gasteiger partial charge is 0.165 e. The standard InChI is InChI=1S/C3H12O7P2/c1-3(2)9-12(7,8)10-11(4,5)6/h3-8H,1-2H3/q+2. The molecule has 0 amide bonds. The van der Waals surface area contributed by atoms with E-state index >= 15 is 0 Å². The van der Waals surface area contributed by atoms with Crippen LogP contribution in [0.15, 0.2) is 0 Å². The van der Waals surface area contributed by atoms with Gasteiger partial charge >= 0.3 is 16.3 Å². The molecule has 0 aliphatic carbocycles. The molecular formula is C3H12O7P2+2. The zero-order valence-corrected chi connectivity index (χ0v) is 8.31. The lowest BCUT2D eigenvalue weighted by Gasteiger charge is -2.08. The van der Waals surface area contributed by atoms with Crippen LogP contribution < -0.4 is 0 Å². The summed E-state index contributed by atoms with van der Waals surface area (Å²) in [6, 6.07) is 0. The molecule has 0 saturated heterocycles. The van der Waals surface area contributed by atoms with Gasteiger partial charge in [0.2, 0.25) is 0 Å². The molecule has 0 fully saturated rings. The average molecular weight is 222 g/mol. The van der Waals surface area contributed by atoms with Crippen molar-refractivity contribution in [1.82, 2.24) is 0 Å². The molecule has 0 spiro atoms. The Labute approximate surface area is 70.5 Å². The van der Waals surface area contributed by atoms with Crippen molar-refractivity contribution in [2.75, 3.05) is 0 Å². The maximum Gasteiger partial charge on any atom is 0.620 e.